The summed E-state index contributed by atoms with van der Waals surface area (Å²) >= 11 is 0. The maximum atomic E-state index is 11.2. The molecule has 1 atom stereocenters. The molecule has 0 spiro atoms. The van der Waals surface area contributed by atoms with Crippen LogP contribution >= 0.6 is 0 Å². The van der Waals surface area contributed by atoms with E-state index in [1.807, 2.05) is 0 Å². The van der Waals surface area contributed by atoms with Crippen LogP contribution in [0.1, 0.15) is 32.6 Å². The summed E-state index contributed by atoms with van der Waals surface area (Å²) < 4.78 is 10.8. The summed E-state index contributed by atoms with van der Waals surface area (Å²) in [6.07, 6.45) is 5.00. The van der Waals surface area contributed by atoms with Gasteiger partial charge in [-0.05, 0) is 6.42 Å². The van der Waals surface area contributed by atoms with Crippen molar-refractivity contribution in [1.82, 2.24) is 0 Å². The van der Waals surface area contributed by atoms with Gasteiger partial charge in [-0.15, -0.1) is 0 Å². The summed E-state index contributed by atoms with van der Waals surface area (Å²) in [6.45, 7) is 5.56. The standard InChI is InChI=1S/C9H16O2S/c1-4-5-6-7-9(10)8(2)12(3)11/h2,4-7H2,1,3H3. The van der Waals surface area contributed by atoms with Crippen molar-refractivity contribution in [2.24, 2.45) is 0 Å². The summed E-state index contributed by atoms with van der Waals surface area (Å²) in [5.41, 5.74) is 0. The van der Waals surface area contributed by atoms with Crippen molar-refractivity contribution in [2.75, 3.05) is 6.26 Å². The number of carbonyl (C=O) groups excluding carboxylic acids is 1. The second-order valence-corrected chi connectivity index (χ2v) is 4.16. The minimum absolute atomic E-state index is 0.0516. The number of ketones is 1. The van der Waals surface area contributed by atoms with Gasteiger partial charge < -0.3 is 0 Å². The quantitative estimate of drug-likeness (QED) is 0.472. The van der Waals surface area contributed by atoms with Gasteiger partial charge in [0.15, 0.2) is 5.78 Å². The predicted molar refractivity (Wildman–Crippen MR) is 52.4 cm³/mol. The fourth-order valence-electron chi connectivity index (χ4n) is 0.835. The van der Waals surface area contributed by atoms with E-state index in [4.69, 9.17) is 0 Å². The molecule has 0 bridgehead atoms. The SMILES string of the molecule is C=C(C(=O)CCCCC)S(C)=O. The van der Waals surface area contributed by atoms with Gasteiger partial charge in [-0.25, -0.2) is 0 Å². The van der Waals surface area contributed by atoms with Gasteiger partial charge in [-0.1, -0.05) is 26.3 Å². The zero-order chi connectivity index (χ0) is 9.56. The van der Waals surface area contributed by atoms with Crippen LogP contribution in [0.2, 0.25) is 0 Å². The molecule has 1 unspecified atom stereocenters. The molecule has 0 aliphatic carbocycles. The van der Waals surface area contributed by atoms with Gasteiger partial charge in [-0.3, -0.25) is 9.00 Å². The molecular formula is C9H16O2S. The Kier molecular flexibility index (Phi) is 5.89. The van der Waals surface area contributed by atoms with Crippen molar-refractivity contribution in [2.45, 2.75) is 32.6 Å². The fourth-order valence-corrected chi connectivity index (χ4v) is 1.26. The largest absolute Gasteiger partial charge is 0.294 e. The van der Waals surface area contributed by atoms with Crippen LogP contribution in [-0.2, 0) is 15.6 Å². The van der Waals surface area contributed by atoms with Crippen molar-refractivity contribution in [3.63, 3.8) is 0 Å². The maximum absolute atomic E-state index is 11.2. The van der Waals surface area contributed by atoms with Crippen LogP contribution in [0.4, 0.5) is 0 Å². The summed E-state index contributed by atoms with van der Waals surface area (Å²) in [5, 5.41) is 0. The lowest BCUT2D eigenvalue weighted by Crippen LogP contribution is -2.05. The lowest BCUT2D eigenvalue weighted by atomic mass is 10.1. The molecule has 0 radical (unpaired) electrons. The average molecular weight is 188 g/mol. The van der Waals surface area contributed by atoms with Gasteiger partial charge >= 0.3 is 0 Å². The summed E-state index contributed by atoms with van der Waals surface area (Å²) in [6, 6.07) is 0. The minimum Gasteiger partial charge on any atom is -0.294 e. The van der Waals surface area contributed by atoms with Gasteiger partial charge in [-0.2, -0.15) is 0 Å². The first-order valence-electron chi connectivity index (χ1n) is 4.15. The third-order valence-corrected chi connectivity index (χ3v) is 2.59. The van der Waals surface area contributed by atoms with E-state index < -0.39 is 10.8 Å². The monoisotopic (exact) mass is 188 g/mol. The average Bonchev–Trinajstić information content (AvgIpc) is 2.03. The second-order valence-electron chi connectivity index (χ2n) is 2.76. The van der Waals surface area contributed by atoms with Gasteiger partial charge in [0.25, 0.3) is 0 Å². The van der Waals surface area contributed by atoms with Crippen LogP contribution < -0.4 is 0 Å². The molecule has 0 fully saturated rings. The molecule has 0 saturated carbocycles. The first-order chi connectivity index (χ1) is 5.59. The highest BCUT2D eigenvalue weighted by Gasteiger charge is 2.09. The number of carbonyl (C=O) groups is 1. The van der Waals surface area contributed by atoms with E-state index in [1.54, 1.807) is 0 Å². The Morgan fingerprint density at radius 1 is 1.42 bits per heavy atom. The third kappa shape index (κ3) is 4.44. The van der Waals surface area contributed by atoms with E-state index in [1.165, 1.54) is 6.26 Å². The summed E-state index contributed by atoms with van der Waals surface area (Å²) in [5.74, 6) is -0.0516. The van der Waals surface area contributed by atoms with Crippen LogP contribution in [-0.4, -0.2) is 16.2 Å². The van der Waals surface area contributed by atoms with E-state index in [0.717, 1.165) is 19.3 Å². The lowest BCUT2D eigenvalue weighted by Gasteiger charge is -1.99. The van der Waals surface area contributed by atoms with Crippen molar-refractivity contribution < 1.29 is 9.00 Å². The van der Waals surface area contributed by atoms with Crippen LogP contribution in [0.25, 0.3) is 0 Å². The Labute approximate surface area is 76.5 Å². The van der Waals surface area contributed by atoms with E-state index in [2.05, 4.69) is 13.5 Å². The molecule has 2 nitrogen and oxygen atoms in total. The highest BCUT2D eigenvalue weighted by molar-refractivity contribution is 7.89. The molecule has 0 aliphatic rings. The van der Waals surface area contributed by atoms with E-state index >= 15 is 0 Å². The van der Waals surface area contributed by atoms with Crippen LogP contribution in [0.3, 0.4) is 0 Å². The van der Waals surface area contributed by atoms with E-state index in [-0.39, 0.29) is 10.7 Å². The third-order valence-electron chi connectivity index (χ3n) is 1.67. The van der Waals surface area contributed by atoms with Gasteiger partial charge in [0.2, 0.25) is 0 Å². The van der Waals surface area contributed by atoms with Crippen molar-refractivity contribution in [1.29, 1.82) is 0 Å². The Bertz CT molecular complexity index is 197. The summed E-state index contributed by atoms with van der Waals surface area (Å²) in [7, 11) is -1.19. The molecule has 0 N–H and O–H groups in total. The molecule has 70 valence electrons. The molecule has 0 rings (SSSR count). The minimum atomic E-state index is -1.19. The highest BCUT2D eigenvalue weighted by Crippen LogP contribution is 2.06. The van der Waals surface area contributed by atoms with Crippen molar-refractivity contribution in [3.05, 3.63) is 11.5 Å². The number of hydrogen-bond acceptors (Lipinski definition) is 2. The molecule has 0 aromatic carbocycles. The Hall–Kier alpha value is -0.440. The number of Topliss-reactive ketones (excluding diaryl/α,β-unsaturated/α-hetero) is 1. The lowest BCUT2D eigenvalue weighted by molar-refractivity contribution is -0.115. The number of rotatable bonds is 6. The van der Waals surface area contributed by atoms with Crippen molar-refractivity contribution >= 4 is 16.6 Å². The molecule has 0 heterocycles. The number of hydrogen-bond donors (Lipinski definition) is 0. The van der Waals surface area contributed by atoms with Gasteiger partial charge in [0.1, 0.15) is 0 Å². The topological polar surface area (TPSA) is 34.1 Å². The normalized spacial score (nSPS) is 12.5. The van der Waals surface area contributed by atoms with Gasteiger partial charge in [0, 0.05) is 12.7 Å². The molecule has 3 heteroatoms. The summed E-state index contributed by atoms with van der Waals surface area (Å²) in [4.78, 5) is 11.4. The zero-order valence-electron chi connectivity index (χ0n) is 7.76. The molecule has 12 heavy (non-hydrogen) atoms. The molecule has 0 saturated heterocycles. The molecule has 0 aliphatic heterocycles. The van der Waals surface area contributed by atoms with Crippen LogP contribution in [0.15, 0.2) is 11.5 Å². The zero-order valence-corrected chi connectivity index (χ0v) is 8.58. The molecule has 0 aromatic rings. The first-order valence-corrected chi connectivity index (χ1v) is 5.71. The fraction of sp³-hybridized carbons (Fsp3) is 0.667. The van der Waals surface area contributed by atoms with Gasteiger partial charge in [0.05, 0.1) is 15.7 Å². The van der Waals surface area contributed by atoms with Crippen LogP contribution in [0.5, 0.6) is 0 Å². The Morgan fingerprint density at radius 2 is 2.00 bits per heavy atom. The van der Waals surface area contributed by atoms with Crippen molar-refractivity contribution in [3.8, 4) is 0 Å². The Balaban J connectivity index is 3.73. The molecule has 0 aromatic heterocycles. The predicted octanol–water partition coefficient (Wildman–Crippen LogP) is 2.03. The highest BCUT2D eigenvalue weighted by atomic mass is 32.2. The molecule has 0 amide bonds. The Morgan fingerprint density at radius 3 is 2.42 bits per heavy atom. The maximum Gasteiger partial charge on any atom is 0.171 e. The van der Waals surface area contributed by atoms with E-state index in [0.29, 0.717) is 6.42 Å². The number of allylic oxidation sites excluding steroid dienone is 1. The molecular weight excluding hydrogens is 172 g/mol. The van der Waals surface area contributed by atoms with E-state index in [9.17, 15) is 9.00 Å². The smallest absolute Gasteiger partial charge is 0.171 e. The van der Waals surface area contributed by atoms with Crippen LogP contribution in [0, 0.1) is 0 Å². The number of unbranched alkanes of at least 4 members (excludes halogenated alkanes) is 2. The first kappa shape index (κ1) is 11.6. The second kappa shape index (κ2) is 6.12.